The summed E-state index contributed by atoms with van der Waals surface area (Å²) >= 11 is 12.8. The number of anilines is 1. The lowest BCUT2D eigenvalue weighted by Crippen LogP contribution is -2.25. The molecule has 0 atom stereocenters. The number of ether oxygens (including phenoxy) is 2. The molecule has 0 aromatic heterocycles. The largest absolute Gasteiger partial charge is 0.493 e. The smallest absolute Gasteiger partial charge is 0.259 e. The second-order valence-electron chi connectivity index (χ2n) is 6.60. The first-order valence-corrected chi connectivity index (χ1v) is 11.5. The molecule has 0 aliphatic carbocycles. The van der Waals surface area contributed by atoms with Gasteiger partial charge in [-0.2, -0.15) is 5.10 Å². The van der Waals surface area contributed by atoms with Crippen LogP contribution in [0.3, 0.4) is 0 Å². The second kappa shape index (κ2) is 11.9. The lowest BCUT2D eigenvalue weighted by molar-refractivity contribution is -0.119. The lowest BCUT2D eigenvalue weighted by atomic mass is 10.2. The van der Waals surface area contributed by atoms with Crippen LogP contribution in [0, 0.1) is 0 Å². The fourth-order valence-electron chi connectivity index (χ4n) is 2.66. The van der Waals surface area contributed by atoms with Crippen molar-refractivity contribution in [3.05, 3.63) is 85.8 Å². The molecule has 1 amide bonds. The van der Waals surface area contributed by atoms with Gasteiger partial charge in [0.25, 0.3) is 5.91 Å². The number of benzene rings is 3. The van der Waals surface area contributed by atoms with Crippen molar-refractivity contribution in [2.45, 2.75) is 6.61 Å². The molecule has 0 saturated heterocycles. The van der Waals surface area contributed by atoms with Crippen LogP contribution in [0.25, 0.3) is 0 Å². The molecule has 166 valence electrons. The van der Waals surface area contributed by atoms with Crippen LogP contribution in [-0.4, -0.2) is 25.8 Å². The number of nitrogens with one attached hydrogen (secondary N) is 2. The SMILES string of the molecule is COc1cc(/C=N\NC(=O)CNc2ccc(Br)cc2)cc(Br)c1OCc1ccc(Cl)cc1. The molecule has 0 spiro atoms. The Morgan fingerprint density at radius 1 is 1.09 bits per heavy atom. The Kier molecular flexibility index (Phi) is 8.96. The Hall–Kier alpha value is -2.55. The molecule has 3 rings (SSSR count). The number of carbonyl (C=O) groups is 1. The summed E-state index contributed by atoms with van der Waals surface area (Å²) in [6, 6.07) is 18.6. The molecule has 6 nitrogen and oxygen atoms in total. The molecule has 0 aliphatic heterocycles. The van der Waals surface area contributed by atoms with E-state index in [9.17, 15) is 4.79 Å². The number of carbonyl (C=O) groups excluding carboxylic acids is 1. The standard InChI is InChI=1S/C23H20Br2ClN3O3/c1-31-21-11-16(10-20(25)23(21)32-14-15-2-6-18(26)7-3-15)12-28-29-22(30)13-27-19-8-4-17(24)5-9-19/h2-12,27H,13-14H2,1H3,(H,29,30)/b28-12-. The van der Waals surface area contributed by atoms with Gasteiger partial charge in [-0.25, -0.2) is 5.43 Å². The van der Waals surface area contributed by atoms with E-state index in [0.29, 0.717) is 27.6 Å². The highest BCUT2D eigenvalue weighted by molar-refractivity contribution is 9.10. The van der Waals surface area contributed by atoms with Crippen molar-refractivity contribution in [1.29, 1.82) is 0 Å². The number of amides is 1. The van der Waals surface area contributed by atoms with Crippen molar-refractivity contribution in [2.24, 2.45) is 5.10 Å². The van der Waals surface area contributed by atoms with E-state index in [2.05, 4.69) is 47.7 Å². The molecule has 0 fully saturated rings. The summed E-state index contributed by atoms with van der Waals surface area (Å²) in [5.41, 5.74) is 5.05. The number of halogens is 3. The maximum Gasteiger partial charge on any atom is 0.259 e. The zero-order chi connectivity index (χ0) is 22.9. The minimum absolute atomic E-state index is 0.101. The molecular formula is C23H20Br2ClN3O3. The van der Waals surface area contributed by atoms with Crippen molar-refractivity contribution in [2.75, 3.05) is 19.0 Å². The van der Waals surface area contributed by atoms with Crippen molar-refractivity contribution in [3.8, 4) is 11.5 Å². The molecule has 0 bridgehead atoms. The van der Waals surface area contributed by atoms with Crippen molar-refractivity contribution in [1.82, 2.24) is 5.43 Å². The molecule has 2 N–H and O–H groups in total. The van der Waals surface area contributed by atoms with Gasteiger partial charge in [0.05, 0.1) is 24.3 Å². The van der Waals surface area contributed by atoms with Gasteiger partial charge in [0, 0.05) is 15.2 Å². The average Bonchev–Trinajstić information content (AvgIpc) is 2.79. The number of hydrogen-bond donors (Lipinski definition) is 2. The van der Waals surface area contributed by atoms with Crippen molar-refractivity contribution >= 4 is 61.3 Å². The van der Waals surface area contributed by atoms with Gasteiger partial charge in [-0.1, -0.05) is 39.7 Å². The minimum atomic E-state index is -0.266. The van der Waals surface area contributed by atoms with Crippen LogP contribution >= 0.6 is 43.5 Å². The Balaban J connectivity index is 1.57. The molecule has 0 saturated carbocycles. The topological polar surface area (TPSA) is 72.0 Å². The first kappa shape index (κ1) is 24.1. The van der Waals surface area contributed by atoms with Gasteiger partial charge in [0.2, 0.25) is 0 Å². The third-order valence-corrected chi connectivity index (χ3v) is 5.62. The van der Waals surface area contributed by atoms with Gasteiger partial charge in [-0.05, 0) is 75.6 Å². The van der Waals surface area contributed by atoms with Gasteiger partial charge in [0.15, 0.2) is 11.5 Å². The highest BCUT2D eigenvalue weighted by Gasteiger charge is 2.12. The number of hydrazone groups is 1. The summed E-state index contributed by atoms with van der Waals surface area (Å²) in [7, 11) is 1.56. The van der Waals surface area contributed by atoms with Gasteiger partial charge in [-0.3, -0.25) is 4.79 Å². The molecule has 9 heteroatoms. The van der Waals surface area contributed by atoms with Gasteiger partial charge >= 0.3 is 0 Å². The zero-order valence-electron chi connectivity index (χ0n) is 17.1. The molecule has 32 heavy (non-hydrogen) atoms. The number of hydrogen-bond acceptors (Lipinski definition) is 5. The van der Waals surface area contributed by atoms with E-state index in [4.69, 9.17) is 21.1 Å². The highest BCUT2D eigenvalue weighted by atomic mass is 79.9. The third-order valence-electron chi connectivity index (χ3n) is 4.25. The molecule has 0 aliphatic rings. The highest BCUT2D eigenvalue weighted by Crippen LogP contribution is 2.36. The summed E-state index contributed by atoms with van der Waals surface area (Å²) in [6.07, 6.45) is 1.54. The normalized spacial score (nSPS) is 10.8. The number of methoxy groups -OCH3 is 1. The predicted octanol–water partition coefficient (Wildman–Crippen LogP) is 6.01. The average molecular weight is 582 g/mol. The molecular weight excluding hydrogens is 562 g/mol. The van der Waals surface area contributed by atoms with Crippen molar-refractivity contribution < 1.29 is 14.3 Å². The number of nitrogens with zero attached hydrogens (tertiary/aromatic N) is 1. The first-order valence-electron chi connectivity index (χ1n) is 9.50. The van der Waals surface area contributed by atoms with E-state index in [1.54, 1.807) is 13.2 Å². The molecule has 3 aromatic carbocycles. The van der Waals surface area contributed by atoms with Crippen LogP contribution in [0.1, 0.15) is 11.1 Å². The minimum Gasteiger partial charge on any atom is -0.493 e. The zero-order valence-corrected chi connectivity index (χ0v) is 21.0. The van der Waals surface area contributed by atoms with Gasteiger partial charge in [-0.15, -0.1) is 0 Å². The van der Waals surface area contributed by atoms with E-state index in [1.165, 1.54) is 6.21 Å². The van der Waals surface area contributed by atoms with Gasteiger partial charge in [0.1, 0.15) is 6.61 Å². The molecule has 0 heterocycles. The number of rotatable bonds is 9. The van der Waals surface area contributed by atoms with E-state index in [1.807, 2.05) is 54.6 Å². The summed E-state index contributed by atoms with van der Waals surface area (Å²) in [4.78, 5) is 12.0. The Bertz CT molecular complexity index is 1090. The summed E-state index contributed by atoms with van der Waals surface area (Å²) in [5, 5.41) is 7.72. The summed E-state index contributed by atoms with van der Waals surface area (Å²) in [5.74, 6) is 0.846. The predicted molar refractivity (Wildman–Crippen MR) is 135 cm³/mol. The molecule has 0 unspecified atom stereocenters. The van der Waals surface area contributed by atoms with E-state index < -0.39 is 0 Å². The first-order chi connectivity index (χ1) is 15.4. The van der Waals surface area contributed by atoms with Crippen molar-refractivity contribution in [3.63, 3.8) is 0 Å². The van der Waals surface area contributed by atoms with Crippen LogP contribution in [0.5, 0.6) is 11.5 Å². The third kappa shape index (κ3) is 7.25. The van der Waals surface area contributed by atoms with Gasteiger partial charge < -0.3 is 14.8 Å². The van der Waals surface area contributed by atoms with Crippen LogP contribution in [0.15, 0.2) is 74.7 Å². The van der Waals surface area contributed by atoms with Crippen LogP contribution in [-0.2, 0) is 11.4 Å². The lowest BCUT2D eigenvalue weighted by Gasteiger charge is -2.13. The van der Waals surface area contributed by atoms with E-state index in [0.717, 1.165) is 21.3 Å². The van der Waals surface area contributed by atoms with Crippen LogP contribution in [0.4, 0.5) is 5.69 Å². The van der Waals surface area contributed by atoms with Crippen LogP contribution < -0.4 is 20.2 Å². The Labute approximate surface area is 208 Å². The van der Waals surface area contributed by atoms with Crippen LogP contribution in [0.2, 0.25) is 5.02 Å². The quantitative estimate of drug-likeness (QED) is 0.240. The fraction of sp³-hybridized carbons (Fsp3) is 0.130. The maximum atomic E-state index is 12.0. The summed E-state index contributed by atoms with van der Waals surface area (Å²) in [6.45, 7) is 0.463. The maximum absolute atomic E-state index is 12.0. The summed E-state index contributed by atoms with van der Waals surface area (Å²) < 4.78 is 13.1. The van der Waals surface area contributed by atoms with E-state index >= 15 is 0 Å². The molecule has 3 aromatic rings. The fourth-order valence-corrected chi connectivity index (χ4v) is 3.62. The monoisotopic (exact) mass is 579 g/mol. The van der Waals surface area contributed by atoms with E-state index in [-0.39, 0.29) is 12.5 Å². The Morgan fingerprint density at radius 3 is 2.50 bits per heavy atom. The Morgan fingerprint density at radius 2 is 1.81 bits per heavy atom. The second-order valence-corrected chi connectivity index (χ2v) is 8.81. The molecule has 0 radical (unpaired) electrons.